The summed E-state index contributed by atoms with van der Waals surface area (Å²) < 4.78 is 5.38. The number of ether oxygens (including phenoxy) is 1. The first-order chi connectivity index (χ1) is 7.31. The van der Waals surface area contributed by atoms with Crippen molar-refractivity contribution in [1.82, 2.24) is 15.3 Å². The third-order valence-corrected chi connectivity index (χ3v) is 2.35. The highest BCUT2D eigenvalue weighted by Crippen LogP contribution is 2.18. The largest absolute Gasteiger partial charge is 0.374 e. The molecule has 0 radical (unpaired) electrons. The lowest BCUT2D eigenvalue weighted by molar-refractivity contribution is 0.0882. The Morgan fingerprint density at radius 2 is 2.33 bits per heavy atom. The molecule has 1 unspecified atom stereocenters. The Bertz CT molecular complexity index is 273. The Hall–Kier alpha value is -0.870. The van der Waals surface area contributed by atoms with Crippen molar-refractivity contribution in [2.45, 2.75) is 39.3 Å². The van der Waals surface area contributed by atoms with Crippen LogP contribution in [-0.4, -0.2) is 23.6 Å². The van der Waals surface area contributed by atoms with Gasteiger partial charge in [0.05, 0.1) is 0 Å². The maximum absolute atomic E-state index is 5.38. The Balaban J connectivity index is 2.56. The number of rotatable bonds is 7. The molecular weight excluding hydrogens is 190 g/mol. The van der Waals surface area contributed by atoms with Gasteiger partial charge in [0.2, 0.25) is 0 Å². The Morgan fingerprint density at radius 1 is 1.53 bits per heavy atom. The van der Waals surface area contributed by atoms with Gasteiger partial charge in [-0.05, 0) is 13.0 Å². The molecule has 0 saturated carbocycles. The monoisotopic (exact) mass is 211 g/mol. The summed E-state index contributed by atoms with van der Waals surface area (Å²) in [5.41, 5.74) is 1.12. The van der Waals surface area contributed by atoms with E-state index in [0.717, 1.165) is 37.4 Å². The second-order valence-electron chi connectivity index (χ2n) is 3.59. The molecule has 4 heteroatoms. The molecule has 1 rings (SSSR count). The van der Waals surface area contributed by atoms with Crippen LogP contribution in [0.2, 0.25) is 0 Å². The summed E-state index contributed by atoms with van der Waals surface area (Å²) in [5, 5.41) is 3.25. The minimum Gasteiger partial charge on any atom is -0.374 e. The molecular formula is C11H21N3O. The molecule has 0 saturated heterocycles. The number of hydrogen-bond acceptors (Lipinski definition) is 3. The summed E-state index contributed by atoms with van der Waals surface area (Å²) in [5.74, 6) is 0.937. The van der Waals surface area contributed by atoms with Crippen LogP contribution in [0.1, 0.15) is 44.3 Å². The zero-order chi connectivity index (χ0) is 11.1. The third kappa shape index (κ3) is 3.64. The van der Waals surface area contributed by atoms with Crippen molar-refractivity contribution in [2.24, 2.45) is 0 Å². The van der Waals surface area contributed by atoms with E-state index in [4.69, 9.17) is 4.74 Å². The van der Waals surface area contributed by atoms with Gasteiger partial charge >= 0.3 is 0 Å². The highest BCUT2D eigenvalue weighted by molar-refractivity contribution is 5.03. The highest BCUT2D eigenvalue weighted by Gasteiger charge is 2.12. The van der Waals surface area contributed by atoms with Crippen LogP contribution in [0, 0.1) is 0 Å². The van der Waals surface area contributed by atoms with E-state index in [9.17, 15) is 0 Å². The van der Waals surface area contributed by atoms with Crippen LogP contribution in [0.5, 0.6) is 0 Å². The molecule has 1 atom stereocenters. The number of aromatic nitrogens is 2. The minimum absolute atomic E-state index is 0.102. The molecule has 0 fully saturated rings. The van der Waals surface area contributed by atoms with Crippen LogP contribution < -0.4 is 5.32 Å². The standard InChI is InChI=1S/C11H21N3O/c1-4-6-10(15-3)11-13-8-9(14-11)7-12-5-2/h8,10,12H,4-7H2,1-3H3,(H,13,14). The van der Waals surface area contributed by atoms with E-state index in [2.05, 4.69) is 29.1 Å². The van der Waals surface area contributed by atoms with Gasteiger partial charge in [0.25, 0.3) is 0 Å². The van der Waals surface area contributed by atoms with Crippen LogP contribution in [0.4, 0.5) is 0 Å². The fraction of sp³-hybridized carbons (Fsp3) is 0.727. The maximum atomic E-state index is 5.38. The van der Waals surface area contributed by atoms with Gasteiger partial charge in [-0.1, -0.05) is 20.3 Å². The second kappa shape index (κ2) is 6.58. The Morgan fingerprint density at radius 3 is 2.93 bits per heavy atom. The van der Waals surface area contributed by atoms with Gasteiger partial charge in [-0.2, -0.15) is 0 Å². The van der Waals surface area contributed by atoms with Crippen molar-refractivity contribution < 1.29 is 4.74 Å². The van der Waals surface area contributed by atoms with Gasteiger partial charge in [0, 0.05) is 25.5 Å². The van der Waals surface area contributed by atoms with E-state index in [1.54, 1.807) is 7.11 Å². The minimum atomic E-state index is 0.102. The third-order valence-electron chi connectivity index (χ3n) is 2.35. The van der Waals surface area contributed by atoms with Gasteiger partial charge in [0.15, 0.2) is 0 Å². The molecule has 15 heavy (non-hydrogen) atoms. The van der Waals surface area contributed by atoms with Gasteiger partial charge < -0.3 is 15.0 Å². The number of hydrogen-bond donors (Lipinski definition) is 2. The molecule has 86 valence electrons. The zero-order valence-electron chi connectivity index (χ0n) is 9.84. The highest BCUT2D eigenvalue weighted by atomic mass is 16.5. The van der Waals surface area contributed by atoms with E-state index in [0.29, 0.717) is 0 Å². The predicted molar refractivity (Wildman–Crippen MR) is 60.6 cm³/mol. The lowest BCUT2D eigenvalue weighted by Gasteiger charge is -2.10. The normalized spacial score (nSPS) is 13.0. The van der Waals surface area contributed by atoms with Crippen molar-refractivity contribution in [1.29, 1.82) is 0 Å². The molecule has 1 aromatic rings. The molecule has 0 amide bonds. The summed E-state index contributed by atoms with van der Waals surface area (Å²) >= 11 is 0. The van der Waals surface area contributed by atoms with Crippen molar-refractivity contribution in [3.05, 3.63) is 17.7 Å². The first kappa shape index (κ1) is 12.2. The van der Waals surface area contributed by atoms with E-state index in [1.807, 2.05) is 6.20 Å². The summed E-state index contributed by atoms with van der Waals surface area (Å²) in [4.78, 5) is 7.62. The number of methoxy groups -OCH3 is 1. The molecule has 0 bridgehead atoms. The topological polar surface area (TPSA) is 49.9 Å². The molecule has 1 aromatic heterocycles. The molecule has 0 aliphatic carbocycles. The fourth-order valence-corrected chi connectivity index (χ4v) is 1.52. The van der Waals surface area contributed by atoms with Crippen molar-refractivity contribution in [2.75, 3.05) is 13.7 Å². The molecule has 0 aliphatic rings. The van der Waals surface area contributed by atoms with Crippen LogP contribution in [0.15, 0.2) is 6.20 Å². The summed E-state index contributed by atoms with van der Waals surface area (Å²) in [7, 11) is 1.73. The molecule has 0 aliphatic heterocycles. The fourth-order valence-electron chi connectivity index (χ4n) is 1.52. The lowest BCUT2D eigenvalue weighted by atomic mass is 10.2. The molecule has 0 aromatic carbocycles. The molecule has 2 N–H and O–H groups in total. The van der Waals surface area contributed by atoms with E-state index >= 15 is 0 Å². The number of imidazole rings is 1. The summed E-state index contributed by atoms with van der Waals surface area (Å²) in [6.07, 6.45) is 4.08. The number of aromatic amines is 1. The van der Waals surface area contributed by atoms with Crippen molar-refractivity contribution in [3.63, 3.8) is 0 Å². The summed E-state index contributed by atoms with van der Waals surface area (Å²) in [6, 6.07) is 0. The predicted octanol–water partition coefficient (Wildman–Crippen LogP) is 2.01. The van der Waals surface area contributed by atoms with Crippen LogP contribution in [0.3, 0.4) is 0 Å². The molecule has 4 nitrogen and oxygen atoms in total. The van der Waals surface area contributed by atoms with E-state index in [1.165, 1.54) is 0 Å². The van der Waals surface area contributed by atoms with Gasteiger partial charge in [-0.15, -0.1) is 0 Å². The van der Waals surface area contributed by atoms with Gasteiger partial charge in [-0.3, -0.25) is 0 Å². The van der Waals surface area contributed by atoms with Crippen molar-refractivity contribution >= 4 is 0 Å². The Labute approximate surface area is 91.4 Å². The number of nitrogens with one attached hydrogen (secondary N) is 2. The van der Waals surface area contributed by atoms with Gasteiger partial charge in [0.1, 0.15) is 11.9 Å². The second-order valence-corrected chi connectivity index (χ2v) is 3.59. The van der Waals surface area contributed by atoms with Crippen molar-refractivity contribution in [3.8, 4) is 0 Å². The zero-order valence-corrected chi connectivity index (χ0v) is 9.84. The first-order valence-electron chi connectivity index (χ1n) is 5.59. The first-order valence-corrected chi connectivity index (χ1v) is 5.59. The molecule has 0 spiro atoms. The van der Waals surface area contributed by atoms with Crippen LogP contribution in [0.25, 0.3) is 0 Å². The smallest absolute Gasteiger partial charge is 0.135 e. The number of nitrogens with zero attached hydrogens (tertiary/aromatic N) is 1. The van der Waals surface area contributed by atoms with E-state index in [-0.39, 0.29) is 6.10 Å². The lowest BCUT2D eigenvalue weighted by Crippen LogP contribution is -2.12. The Kier molecular flexibility index (Phi) is 5.36. The van der Waals surface area contributed by atoms with Crippen LogP contribution >= 0.6 is 0 Å². The van der Waals surface area contributed by atoms with E-state index < -0.39 is 0 Å². The average molecular weight is 211 g/mol. The number of H-pyrrole nitrogens is 1. The average Bonchev–Trinajstić information content (AvgIpc) is 2.71. The van der Waals surface area contributed by atoms with Gasteiger partial charge in [-0.25, -0.2) is 4.98 Å². The quantitative estimate of drug-likeness (QED) is 0.725. The molecule has 1 heterocycles. The maximum Gasteiger partial charge on any atom is 0.135 e. The SMILES string of the molecule is CCCC(OC)c1ncc(CNCC)[nH]1. The summed E-state index contributed by atoms with van der Waals surface area (Å²) in [6.45, 7) is 6.05. The van der Waals surface area contributed by atoms with Crippen LogP contribution in [-0.2, 0) is 11.3 Å².